The second-order valence-electron chi connectivity index (χ2n) is 9.39. The molecule has 0 spiro atoms. The van der Waals surface area contributed by atoms with E-state index in [0.717, 1.165) is 18.9 Å². The highest BCUT2D eigenvalue weighted by Crippen LogP contribution is 2.44. The van der Waals surface area contributed by atoms with E-state index < -0.39 is 40.6 Å². The van der Waals surface area contributed by atoms with Crippen molar-refractivity contribution in [3.05, 3.63) is 33.9 Å². The fraction of sp³-hybridized carbons (Fsp3) is 0.522. The number of rotatable bonds is 5. The van der Waals surface area contributed by atoms with Gasteiger partial charge in [0.1, 0.15) is 17.3 Å². The van der Waals surface area contributed by atoms with Crippen LogP contribution in [0.4, 0.5) is 9.18 Å². The molecule has 0 radical (unpaired) electrons. The molecular formula is C23H27FN2O7. The summed E-state index contributed by atoms with van der Waals surface area (Å²) in [6.45, 7) is 5.94. The van der Waals surface area contributed by atoms with Crippen molar-refractivity contribution in [2.24, 2.45) is 0 Å². The molecule has 1 aromatic carbocycles. The van der Waals surface area contributed by atoms with Gasteiger partial charge in [0.2, 0.25) is 5.43 Å². The molecule has 2 heterocycles. The van der Waals surface area contributed by atoms with Gasteiger partial charge in [-0.05, 0) is 39.7 Å². The van der Waals surface area contributed by atoms with Crippen LogP contribution < -0.4 is 14.9 Å². The Morgan fingerprint density at radius 3 is 2.45 bits per heavy atom. The summed E-state index contributed by atoms with van der Waals surface area (Å²) in [6.07, 6.45) is 2.39. The number of methoxy groups -OCH3 is 1. The summed E-state index contributed by atoms with van der Waals surface area (Å²) in [4.78, 5) is 38.2. The van der Waals surface area contributed by atoms with Gasteiger partial charge in [-0.1, -0.05) is 0 Å². The Morgan fingerprint density at radius 2 is 1.88 bits per heavy atom. The van der Waals surface area contributed by atoms with Crippen LogP contribution in [0.1, 0.15) is 56.4 Å². The number of likely N-dealkylation sites (tertiary alicyclic amines) is 1. The Labute approximate surface area is 189 Å². The van der Waals surface area contributed by atoms with Crippen LogP contribution in [0.2, 0.25) is 0 Å². The lowest BCUT2D eigenvalue weighted by Gasteiger charge is -2.24. The molecule has 1 saturated heterocycles. The maximum Gasteiger partial charge on any atom is 0.410 e. The fourth-order valence-corrected chi connectivity index (χ4v) is 4.01. The predicted molar refractivity (Wildman–Crippen MR) is 117 cm³/mol. The molecule has 178 valence electrons. The summed E-state index contributed by atoms with van der Waals surface area (Å²) in [7, 11) is 1.34. The van der Waals surface area contributed by atoms with Gasteiger partial charge in [-0.3, -0.25) is 4.79 Å². The van der Waals surface area contributed by atoms with Crippen LogP contribution in [0.25, 0.3) is 10.9 Å². The minimum absolute atomic E-state index is 0.00690. The molecule has 9 nitrogen and oxygen atoms in total. The zero-order chi connectivity index (χ0) is 24.1. The van der Waals surface area contributed by atoms with Gasteiger partial charge >= 0.3 is 12.1 Å². The highest BCUT2D eigenvalue weighted by Gasteiger charge is 2.34. The van der Waals surface area contributed by atoms with Crippen LogP contribution in [0.5, 0.6) is 11.5 Å². The van der Waals surface area contributed by atoms with Gasteiger partial charge in [0.05, 0.1) is 24.6 Å². The number of ether oxygens (including phenoxy) is 3. The first-order chi connectivity index (χ1) is 15.5. The van der Waals surface area contributed by atoms with Gasteiger partial charge in [0.25, 0.3) is 0 Å². The summed E-state index contributed by atoms with van der Waals surface area (Å²) >= 11 is 0. The number of hydrogen-bond acceptors (Lipinski definition) is 6. The van der Waals surface area contributed by atoms with Crippen molar-refractivity contribution in [1.82, 2.24) is 9.47 Å². The number of pyridine rings is 1. The van der Waals surface area contributed by atoms with Gasteiger partial charge < -0.3 is 28.8 Å². The molecule has 2 aliphatic rings. The van der Waals surface area contributed by atoms with Crippen molar-refractivity contribution in [1.29, 1.82) is 0 Å². The first-order valence-electron chi connectivity index (χ1n) is 10.8. The van der Waals surface area contributed by atoms with E-state index in [0.29, 0.717) is 18.5 Å². The average molecular weight is 462 g/mol. The van der Waals surface area contributed by atoms with Gasteiger partial charge in [-0.15, -0.1) is 0 Å². The number of halogens is 1. The van der Waals surface area contributed by atoms with E-state index in [-0.39, 0.29) is 29.5 Å². The predicted octanol–water partition coefficient (Wildman–Crippen LogP) is 3.57. The number of carboxylic acids is 1. The number of amides is 1. The van der Waals surface area contributed by atoms with E-state index in [2.05, 4.69) is 0 Å². The van der Waals surface area contributed by atoms with Crippen molar-refractivity contribution in [3.8, 4) is 11.5 Å². The van der Waals surface area contributed by atoms with Gasteiger partial charge in [-0.2, -0.15) is 0 Å². The first-order valence-corrected chi connectivity index (χ1v) is 10.8. The molecule has 1 amide bonds. The molecule has 2 fully saturated rings. The van der Waals surface area contributed by atoms with Crippen LogP contribution >= 0.6 is 0 Å². The Bertz CT molecular complexity index is 1180. The van der Waals surface area contributed by atoms with E-state index in [1.165, 1.54) is 18.2 Å². The molecule has 4 rings (SSSR count). The molecule has 1 unspecified atom stereocenters. The number of carbonyl (C=O) groups excluding carboxylic acids is 1. The molecule has 2 aromatic rings. The molecule has 1 N–H and O–H groups in total. The smallest absolute Gasteiger partial charge is 0.410 e. The zero-order valence-corrected chi connectivity index (χ0v) is 19.0. The minimum atomic E-state index is -1.37. The normalized spacial score (nSPS) is 18.5. The summed E-state index contributed by atoms with van der Waals surface area (Å²) in [6, 6.07) is 0.995. The number of aromatic nitrogens is 1. The second-order valence-corrected chi connectivity index (χ2v) is 9.39. The lowest BCUT2D eigenvalue weighted by atomic mass is 10.1. The maximum absolute atomic E-state index is 15.2. The number of carbonyl (C=O) groups is 2. The maximum atomic E-state index is 15.2. The van der Waals surface area contributed by atoms with E-state index in [4.69, 9.17) is 14.2 Å². The Morgan fingerprint density at radius 1 is 1.18 bits per heavy atom. The molecule has 0 bridgehead atoms. The van der Waals surface area contributed by atoms with E-state index in [1.807, 2.05) is 0 Å². The number of hydrogen-bond donors (Lipinski definition) is 1. The molecule has 33 heavy (non-hydrogen) atoms. The quantitative estimate of drug-likeness (QED) is 0.724. The third-order valence-corrected chi connectivity index (χ3v) is 5.64. The highest BCUT2D eigenvalue weighted by molar-refractivity contribution is 5.95. The Hall–Kier alpha value is -3.30. The van der Waals surface area contributed by atoms with Crippen LogP contribution in [0.15, 0.2) is 17.1 Å². The molecular weight excluding hydrogens is 435 g/mol. The van der Waals surface area contributed by atoms with Crippen molar-refractivity contribution >= 4 is 23.0 Å². The molecule has 1 atom stereocenters. The molecule has 1 saturated carbocycles. The van der Waals surface area contributed by atoms with Gasteiger partial charge in [0.15, 0.2) is 17.3 Å². The minimum Gasteiger partial charge on any atom is -0.491 e. The summed E-state index contributed by atoms with van der Waals surface area (Å²) in [5.41, 5.74) is -1.54. The highest BCUT2D eigenvalue weighted by atomic mass is 19.1. The molecule has 1 aliphatic carbocycles. The first kappa shape index (κ1) is 22.9. The Balaban J connectivity index is 1.71. The van der Waals surface area contributed by atoms with Crippen molar-refractivity contribution in [3.63, 3.8) is 0 Å². The second kappa shape index (κ2) is 8.24. The lowest BCUT2D eigenvalue weighted by molar-refractivity contribution is 0.0274. The standard InChI is InChI=1S/C23H27FN2O7/c1-23(2,3)33-22(30)25-8-7-13(10-25)32-19-16(24)9-14-17(20(19)31-4)26(12-5-6-12)11-15(18(14)27)21(28)29/h9,11-13H,5-8,10H2,1-4H3,(H,28,29). The van der Waals surface area contributed by atoms with E-state index in [9.17, 15) is 19.5 Å². The van der Waals surface area contributed by atoms with E-state index >= 15 is 4.39 Å². The Kier molecular flexibility index (Phi) is 5.71. The van der Waals surface area contributed by atoms with Gasteiger partial charge in [-0.25, -0.2) is 14.0 Å². The van der Waals surface area contributed by atoms with Crippen molar-refractivity contribution in [2.45, 2.75) is 57.8 Å². The van der Waals surface area contributed by atoms with Crippen molar-refractivity contribution in [2.75, 3.05) is 20.2 Å². The van der Waals surface area contributed by atoms with Crippen LogP contribution in [-0.2, 0) is 4.74 Å². The third-order valence-electron chi connectivity index (χ3n) is 5.64. The lowest BCUT2D eigenvalue weighted by Crippen LogP contribution is -2.36. The molecule has 1 aromatic heterocycles. The summed E-state index contributed by atoms with van der Waals surface area (Å²) in [5.74, 6) is -2.35. The SMILES string of the molecule is COc1c(OC2CCN(C(=O)OC(C)(C)C)C2)c(F)cc2c(=O)c(C(=O)O)cn(C3CC3)c12. The topological polar surface area (TPSA) is 107 Å². The van der Waals surface area contributed by atoms with Crippen molar-refractivity contribution < 1.29 is 33.3 Å². The number of aromatic carboxylic acids is 1. The van der Waals surface area contributed by atoms with Crippen LogP contribution in [0, 0.1) is 5.82 Å². The van der Waals surface area contributed by atoms with E-state index in [1.54, 1.807) is 25.3 Å². The average Bonchev–Trinajstić information content (AvgIpc) is 3.45. The number of carboxylic acid groups (broad SMARTS) is 1. The number of benzene rings is 1. The molecule has 10 heteroatoms. The number of fused-ring (bicyclic) bond motifs is 1. The van der Waals surface area contributed by atoms with Gasteiger partial charge in [0, 0.05) is 25.2 Å². The molecule has 1 aliphatic heterocycles. The monoisotopic (exact) mass is 462 g/mol. The largest absolute Gasteiger partial charge is 0.491 e. The fourth-order valence-electron chi connectivity index (χ4n) is 4.01. The third kappa shape index (κ3) is 4.46. The summed E-state index contributed by atoms with van der Waals surface area (Å²) < 4.78 is 33.6. The zero-order valence-electron chi connectivity index (χ0n) is 19.0. The summed E-state index contributed by atoms with van der Waals surface area (Å²) in [5, 5.41) is 9.35. The van der Waals surface area contributed by atoms with Crippen LogP contribution in [0.3, 0.4) is 0 Å². The van der Waals surface area contributed by atoms with Crippen LogP contribution in [-0.4, -0.2) is 58.5 Å². The number of nitrogens with zero attached hydrogens (tertiary/aromatic N) is 2.